The lowest BCUT2D eigenvalue weighted by molar-refractivity contribution is -0.120. The molecular formula is C20H25N3O3. The van der Waals surface area contributed by atoms with Crippen LogP contribution in [0, 0.1) is 0 Å². The number of fused-ring (bicyclic) bond motifs is 1. The monoisotopic (exact) mass is 355 g/mol. The lowest BCUT2D eigenvalue weighted by Gasteiger charge is -2.35. The predicted octanol–water partition coefficient (Wildman–Crippen LogP) is 1.96. The van der Waals surface area contributed by atoms with Gasteiger partial charge >= 0.3 is 0 Å². The third kappa shape index (κ3) is 4.52. The summed E-state index contributed by atoms with van der Waals surface area (Å²) in [6.07, 6.45) is 3.43. The van der Waals surface area contributed by atoms with Crippen molar-refractivity contribution < 1.29 is 14.0 Å². The molecule has 2 aromatic rings. The third-order valence-electron chi connectivity index (χ3n) is 4.84. The summed E-state index contributed by atoms with van der Waals surface area (Å²) in [4.78, 5) is 26.2. The number of furan rings is 1. The summed E-state index contributed by atoms with van der Waals surface area (Å²) in [5, 5.41) is 5.49. The molecule has 3 rings (SSSR count). The van der Waals surface area contributed by atoms with E-state index in [1.165, 1.54) is 17.4 Å². The highest BCUT2D eigenvalue weighted by molar-refractivity contribution is 5.94. The van der Waals surface area contributed by atoms with E-state index in [4.69, 9.17) is 4.42 Å². The lowest BCUT2D eigenvalue weighted by atomic mass is 9.98. The summed E-state index contributed by atoms with van der Waals surface area (Å²) in [5.74, 6) is -0.373. The Morgan fingerprint density at radius 1 is 1.15 bits per heavy atom. The van der Waals surface area contributed by atoms with Crippen LogP contribution in [0.3, 0.4) is 0 Å². The maximum Gasteiger partial charge on any atom is 0.287 e. The molecule has 2 amide bonds. The Labute approximate surface area is 153 Å². The molecule has 0 spiro atoms. The predicted molar refractivity (Wildman–Crippen MR) is 98.7 cm³/mol. The van der Waals surface area contributed by atoms with Crippen LogP contribution in [-0.4, -0.2) is 42.4 Å². The van der Waals surface area contributed by atoms with Crippen LogP contribution < -0.4 is 10.6 Å². The van der Waals surface area contributed by atoms with Crippen LogP contribution in [0.15, 0.2) is 47.1 Å². The van der Waals surface area contributed by atoms with E-state index in [1.54, 1.807) is 12.1 Å². The summed E-state index contributed by atoms with van der Waals surface area (Å²) in [5.41, 5.74) is 2.79. The van der Waals surface area contributed by atoms with Gasteiger partial charge in [-0.25, -0.2) is 0 Å². The van der Waals surface area contributed by atoms with Gasteiger partial charge < -0.3 is 15.1 Å². The van der Waals surface area contributed by atoms with Gasteiger partial charge in [0.05, 0.1) is 12.8 Å². The Balaban J connectivity index is 1.45. The summed E-state index contributed by atoms with van der Waals surface area (Å²) >= 11 is 0. The van der Waals surface area contributed by atoms with Gasteiger partial charge in [-0.2, -0.15) is 0 Å². The van der Waals surface area contributed by atoms with E-state index in [2.05, 4.69) is 46.7 Å². The molecule has 6 nitrogen and oxygen atoms in total. The molecule has 1 aliphatic rings. The minimum Gasteiger partial charge on any atom is -0.459 e. The Kier molecular flexibility index (Phi) is 6.07. The number of amides is 2. The van der Waals surface area contributed by atoms with E-state index in [0.717, 1.165) is 25.9 Å². The largest absolute Gasteiger partial charge is 0.459 e. The van der Waals surface area contributed by atoms with Gasteiger partial charge in [-0.15, -0.1) is 0 Å². The Hall–Kier alpha value is -2.60. The van der Waals surface area contributed by atoms with Crippen molar-refractivity contribution in [3.63, 3.8) is 0 Å². The minimum atomic E-state index is -0.384. The molecule has 1 aromatic heterocycles. The molecule has 26 heavy (non-hydrogen) atoms. The zero-order valence-electron chi connectivity index (χ0n) is 15.0. The van der Waals surface area contributed by atoms with Crippen molar-refractivity contribution in [1.29, 1.82) is 0 Å². The normalized spacial score (nSPS) is 15.1. The highest BCUT2D eigenvalue weighted by atomic mass is 16.3. The van der Waals surface area contributed by atoms with Crippen LogP contribution in [-0.2, 0) is 17.8 Å². The fourth-order valence-electron chi connectivity index (χ4n) is 3.31. The number of benzene rings is 1. The van der Waals surface area contributed by atoms with Gasteiger partial charge in [-0.3, -0.25) is 14.5 Å². The molecule has 2 N–H and O–H groups in total. The first-order valence-corrected chi connectivity index (χ1v) is 9.06. The van der Waals surface area contributed by atoms with E-state index in [-0.39, 0.29) is 30.2 Å². The van der Waals surface area contributed by atoms with E-state index in [9.17, 15) is 9.59 Å². The van der Waals surface area contributed by atoms with Crippen LogP contribution >= 0.6 is 0 Å². The molecule has 0 saturated carbocycles. The van der Waals surface area contributed by atoms with Crippen molar-refractivity contribution in [3.8, 4) is 0 Å². The van der Waals surface area contributed by atoms with Gasteiger partial charge in [0.2, 0.25) is 5.91 Å². The van der Waals surface area contributed by atoms with E-state index < -0.39 is 0 Å². The average Bonchev–Trinajstić information content (AvgIpc) is 3.21. The lowest BCUT2D eigenvalue weighted by Crippen LogP contribution is -2.47. The van der Waals surface area contributed by atoms with Gasteiger partial charge in [0.25, 0.3) is 5.91 Å². The van der Waals surface area contributed by atoms with Gasteiger partial charge in [-0.05, 0) is 36.1 Å². The average molecular weight is 355 g/mol. The van der Waals surface area contributed by atoms with Crippen molar-refractivity contribution >= 4 is 11.8 Å². The molecule has 0 saturated heterocycles. The molecule has 1 aromatic carbocycles. The SMILES string of the molecule is CCC(CNC(=O)CNC(=O)c1ccco1)N1CCc2ccccc2C1. The smallest absolute Gasteiger partial charge is 0.287 e. The molecule has 1 aliphatic heterocycles. The van der Waals surface area contributed by atoms with Crippen molar-refractivity contribution in [1.82, 2.24) is 15.5 Å². The second-order valence-electron chi connectivity index (χ2n) is 6.52. The third-order valence-corrected chi connectivity index (χ3v) is 4.84. The van der Waals surface area contributed by atoms with E-state index >= 15 is 0 Å². The Morgan fingerprint density at radius 3 is 2.69 bits per heavy atom. The number of nitrogens with zero attached hydrogens (tertiary/aromatic N) is 1. The molecule has 6 heteroatoms. The van der Waals surface area contributed by atoms with Crippen molar-refractivity contribution in [2.45, 2.75) is 32.4 Å². The number of carbonyl (C=O) groups excluding carboxylic acids is 2. The summed E-state index contributed by atoms with van der Waals surface area (Å²) in [7, 11) is 0. The molecule has 1 unspecified atom stereocenters. The zero-order chi connectivity index (χ0) is 18.4. The van der Waals surface area contributed by atoms with Gasteiger partial charge in [0, 0.05) is 25.7 Å². The molecular weight excluding hydrogens is 330 g/mol. The Bertz CT molecular complexity index is 743. The standard InChI is InChI=1S/C20H25N3O3/c1-2-17(23-10-9-15-6-3-4-7-16(15)14-23)12-21-19(24)13-22-20(25)18-8-5-11-26-18/h3-8,11,17H,2,9-10,12-14H2,1H3,(H,21,24)(H,22,25). The second kappa shape index (κ2) is 8.67. The maximum absolute atomic E-state index is 12.0. The van der Waals surface area contributed by atoms with Gasteiger partial charge in [0.15, 0.2) is 5.76 Å². The van der Waals surface area contributed by atoms with Crippen molar-refractivity contribution in [3.05, 3.63) is 59.5 Å². The van der Waals surface area contributed by atoms with E-state index in [0.29, 0.717) is 6.54 Å². The van der Waals surface area contributed by atoms with Gasteiger partial charge in [-0.1, -0.05) is 31.2 Å². The topological polar surface area (TPSA) is 74.6 Å². The molecule has 1 atom stereocenters. The number of carbonyl (C=O) groups is 2. The summed E-state index contributed by atoms with van der Waals surface area (Å²) in [6.45, 7) is 4.57. The fourth-order valence-corrected chi connectivity index (χ4v) is 3.31. The zero-order valence-corrected chi connectivity index (χ0v) is 15.0. The Morgan fingerprint density at radius 2 is 1.96 bits per heavy atom. The van der Waals surface area contributed by atoms with Crippen LogP contribution in [0.5, 0.6) is 0 Å². The highest BCUT2D eigenvalue weighted by Gasteiger charge is 2.22. The number of rotatable bonds is 7. The summed E-state index contributed by atoms with van der Waals surface area (Å²) < 4.78 is 5.00. The molecule has 0 radical (unpaired) electrons. The number of hydrogen-bond donors (Lipinski definition) is 2. The van der Waals surface area contributed by atoms with E-state index in [1.807, 2.05) is 0 Å². The van der Waals surface area contributed by atoms with Gasteiger partial charge in [0.1, 0.15) is 0 Å². The van der Waals surface area contributed by atoms with Crippen LogP contribution in [0.4, 0.5) is 0 Å². The molecule has 0 aliphatic carbocycles. The van der Waals surface area contributed by atoms with Crippen LogP contribution in [0.1, 0.15) is 35.0 Å². The van der Waals surface area contributed by atoms with Crippen LogP contribution in [0.25, 0.3) is 0 Å². The molecule has 138 valence electrons. The second-order valence-corrected chi connectivity index (χ2v) is 6.52. The first-order valence-electron chi connectivity index (χ1n) is 9.06. The van der Waals surface area contributed by atoms with Crippen molar-refractivity contribution in [2.75, 3.05) is 19.6 Å². The first-order chi connectivity index (χ1) is 12.7. The quantitative estimate of drug-likeness (QED) is 0.796. The number of hydrogen-bond acceptors (Lipinski definition) is 4. The molecule has 0 bridgehead atoms. The molecule has 2 heterocycles. The maximum atomic E-state index is 12.0. The minimum absolute atomic E-state index is 0.0567. The summed E-state index contributed by atoms with van der Waals surface area (Å²) in [6, 6.07) is 12.0. The number of nitrogens with one attached hydrogen (secondary N) is 2. The highest BCUT2D eigenvalue weighted by Crippen LogP contribution is 2.21. The molecule has 0 fully saturated rings. The fraction of sp³-hybridized carbons (Fsp3) is 0.400. The first kappa shape index (κ1) is 18.2. The van der Waals surface area contributed by atoms with Crippen LogP contribution in [0.2, 0.25) is 0 Å². The van der Waals surface area contributed by atoms with Crippen molar-refractivity contribution in [2.24, 2.45) is 0 Å².